The van der Waals surface area contributed by atoms with E-state index in [1.165, 1.54) is 6.33 Å². The van der Waals surface area contributed by atoms with Crippen LogP contribution in [-0.4, -0.2) is 26.9 Å². The van der Waals surface area contributed by atoms with Crippen LogP contribution in [-0.2, 0) is 0 Å². The van der Waals surface area contributed by atoms with Crippen LogP contribution >= 0.6 is 0 Å². The van der Waals surface area contributed by atoms with Crippen molar-refractivity contribution < 1.29 is 4.79 Å². The van der Waals surface area contributed by atoms with E-state index in [4.69, 9.17) is 0 Å². The number of ketones is 1. The largest absolute Gasteiger partial charge is 0.361 e. The normalized spacial score (nSPS) is 14.5. The number of aryl methyl sites for hydroxylation is 1. The van der Waals surface area contributed by atoms with Gasteiger partial charge in [0, 0.05) is 5.69 Å². The topological polar surface area (TPSA) is 59.3 Å². The summed E-state index contributed by atoms with van der Waals surface area (Å²) in [5, 5.41) is 7.06. The number of nitrogens with zero attached hydrogens (tertiary/aromatic N) is 3. The molecule has 0 fully saturated rings. The highest BCUT2D eigenvalue weighted by atomic mass is 16.1. The first-order valence-electron chi connectivity index (χ1n) is 4.38. The van der Waals surface area contributed by atoms with Crippen molar-refractivity contribution in [1.82, 2.24) is 14.6 Å². The van der Waals surface area contributed by atoms with Gasteiger partial charge in [-0.15, -0.1) is 0 Å². The Morgan fingerprint density at radius 1 is 1.57 bits per heavy atom. The molecule has 5 heteroatoms. The van der Waals surface area contributed by atoms with E-state index >= 15 is 0 Å². The van der Waals surface area contributed by atoms with Gasteiger partial charge in [0.1, 0.15) is 11.8 Å². The Bertz CT molecular complexity index is 543. The Labute approximate surface area is 79.8 Å². The molecule has 0 aliphatic carbocycles. The van der Waals surface area contributed by atoms with Crippen LogP contribution < -0.4 is 5.32 Å². The summed E-state index contributed by atoms with van der Waals surface area (Å²) in [4.78, 5) is 15.6. The van der Waals surface area contributed by atoms with Crippen LogP contribution in [0.15, 0.2) is 12.4 Å². The predicted octanol–water partition coefficient (Wildman–Crippen LogP) is 0.646. The molecule has 70 valence electrons. The second kappa shape index (κ2) is 2.31. The first kappa shape index (κ1) is 7.49. The number of Topliss-reactive ketones (excluding diaryl/α,β-unsaturated/α-hetero) is 1. The standard InChI is InChI=1S/C9H8N4O/c1-5-2-6-7(14)3-10-9-8(6)13(5)12-4-11-9/h2,4H,3H2,1H3,(H,10,11,12). The average Bonchev–Trinajstić information content (AvgIpc) is 2.53. The van der Waals surface area contributed by atoms with Crippen molar-refractivity contribution in [2.45, 2.75) is 6.92 Å². The Kier molecular flexibility index (Phi) is 1.24. The second-order valence-corrected chi connectivity index (χ2v) is 3.35. The highest BCUT2D eigenvalue weighted by molar-refractivity contribution is 6.10. The molecule has 2 aromatic heterocycles. The fourth-order valence-corrected chi connectivity index (χ4v) is 1.80. The molecule has 0 aromatic carbocycles. The molecule has 0 amide bonds. The maximum absolute atomic E-state index is 11.6. The van der Waals surface area contributed by atoms with Crippen LogP contribution in [0.25, 0.3) is 5.52 Å². The van der Waals surface area contributed by atoms with E-state index in [1.807, 2.05) is 13.0 Å². The smallest absolute Gasteiger partial charge is 0.184 e. The number of aromatic nitrogens is 3. The van der Waals surface area contributed by atoms with E-state index in [0.29, 0.717) is 6.54 Å². The van der Waals surface area contributed by atoms with Gasteiger partial charge < -0.3 is 5.32 Å². The predicted molar refractivity (Wildman–Crippen MR) is 50.5 cm³/mol. The molecule has 3 heterocycles. The molecule has 0 saturated heterocycles. The number of hydrogen-bond acceptors (Lipinski definition) is 4. The second-order valence-electron chi connectivity index (χ2n) is 3.35. The number of nitrogens with one attached hydrogen (secondary N) is 1. The zero-order valence-electron chi connectivity index (χ0n) is 7.61. The minimum atomic E-state index is 0.0953. The summed E-state index contributed by atoms with van der Waals surface area (Å²) in [5.74, 6) is 0.834. The molecule has 2 aromatic rings. The Hall–Kier alpha value is -1.91. The SMILES string of the molecule is Cc1cc2c3c(ncnn13)NCC2=O. The molecule has 0 unspecified atom stereocenters. The van der Waals surface area contributed by atoms with Crippen molar-refractivity contribution in [3.8, 4) is 0 Å². The van der Waals surface area contributed by atoms with Crippen molar-refractivity contribution in [1.29, 1.82) is 0 Å². The molecular weight excluding hydrogens is 180 g/mol. The minimum Gasteiger partial charge on any atom is -0.361 e. The van der Waals surface area contributed by atoms with E-state index in [2.05, 4.69) is 15.4 Å². The summed E-state index contributed by atoms with van der Waals surface area (Å²) in [6.07, 6.45) is 1.49. The number of rotatable bonds is 0. The van der Waals surface area contributed by atoms with Gasteiger partial charge in [-0.25, -0.2) is 9.50 Å². The Morgan fingerprint density at radius 3 is 3.29 bits per heavy atom. The summed E-state index contributed by atoms with van der Waals surface area (Å²) in [6.45, 7) is 2.25. The van der Waals surface area contributed by atoms with Gasteiger partial charge in [-0.1, -0.05) is 0 Å². The Morgan fingerprint density at radius 2 is 2.43 bits per heavy atom. The molecular formula is C9H8N4O. The zero-order valence-corrected chi connectivity index (χ0v) is 7.61. The lowest BCUT2D eigenvalue weighted by molar-refractivity contribution is 0.101. The quantitative estimate of drug-likeness (QED) is 0.659. The van der Waals surface area contributed by atoms with Gasteiger partial charge in [-0.2, -0.15) is 5.10 Å². The molecule has 14 heavy (non-hydrogen) atoms. The summed E-state index contributed by atoms with van der Waals surface area (Å²) in [6, 6.07) is 1.86. The van der Waals surface area contributed by atoms with Crippen LogP contribution in [0.1, 0.15) is 16.1 Å². The fraction of sp³-hybridized carbons (Fsp3) is 0.222. The van der Waals surface area contributed by atoms with Crippen LogP contribution in [0, 0.1) is 6.92 Å². The zero-order chi connectivity index (χ0) is 9.71. The summed E-state index contributed by atoms with van der Waals surface area (Å²) < 4.78 is 1.74. The van der Waals surface area contributed by atoms with Gasteiger partial charge in [0.05, 0.1) is 12.1 Å². The molecule has 1 aliphatic rings. The van der Waals surface area contributed by atoms with Crippen LogP contribution in [0.2, 0.25) is 0 Å². The van der Waals surface area contributed by atoms with Gasteiger partial charge >= 0.3 is 0 Å². The van der Waals surface area contributed by atoms with E-state index in [-0.39, 0.29) is 5.78 Å². The molecule has 0 spiro atoms. The summed E-state index contributed by atoms with van der Waals surface area (Å²) >= 11 is 0. The molecule has 1 N–H and O–H groups in total. The maximum Gasteiger partial charge on any atom is 0.184 e. The van der Waals surface area contributed by atoms with Crippen molar-refractivity contribution in [2.24, 2.45) is 0 Å². The Balaban J connectivity index is 2.53. The molecule has 0 bridgehead atoms. The lowest BCUT2D eigenvalue weighted by atomic mass is 10.1. The maximum atomic E-state index is 11.6. The highest BCUT2D eigenvalue weighted by Crippen LogP contribution is 2.25. The third kappa shape index (κ3) is 0.761. The average molecular weight is 188 g/mol. The third-order valence-electron chi connectivity index (χ3n) is 2.45. The third-order valence-corrected chi connectivity index (χ3v) is 2.45. The number of anilines is 1. The van der Waals surface area contributed by atoms with Gasteiger partial charge in [-0.05, 0) is 13.0 Å². The van der Waals surface area contributed by atoms with Crippen molar-refractivity contribution in [2.75, 3.05) is 11.9 Å². The van der Waals surface area contributed by atoms with Crippen molar-refractivity contribution >= 4 is 17.1 Å². The molecule has 0 radical (unpaired) electrons. The number of hydrogen-bond donors (Lipinski definition) is 1. The molecule has 3 rings (SSSR count). The molecule has 0 saturated carbocycles. The lowest BCUT2D eigenvalue weighted by Gasteiger charge is -2.12. The fourth-order valence-electron chi connectivity index (χ4n) is 1.80. The van der Waals surface area contributed by atoms with Crippen molar-refractivity contribution in [3.63, 3.8) is 0 Å². The number of carbonyl (C=O) groups is 1. The van der Waals surface area contributed by atoms with Crippen LogP contribution in [0.4, 0.5) is 5.82 Å². The first-order chi connectivity index (χ1) is 6.77. The first-order valence-corrected chi connectivity index (χ1v) is 4.38. The van der Waals surface area contributed by atoms with Crippen LogP contribution in [0.5, 0.6) is 0 Å². The summed E-state index contributed by atoms with van der Waals surface area (Å²) in [7, 11) is 0. The molecule has 5 nitrogen and oxygen atoms in total. The van der Waals surface area contributed by atoms with E-state index in [0.717, 1.165) is 22.6 Å². The van der Waals surface area contributed by atoms with Gasteiger partial charge in [0.15, 0.2) is 11.6 Å². The van der Waals surface area contributed by atoms with Crippen LogP contribution in [0.3, 0.4) is 0 Å². The van der Waals surface area contributed by atoms with Crippen molar-refractivity contribution in [3.05, 3.63) is 23.7 Å². The highest BCUT2D eigenvalue weighted by Gasteiger charge is 2.22. The van der Waals surface area contributed by atoms with Gasteiger partial charge in [-0.3, -0.25) is 4.79 Å². The van der Waals surface area contributed by atoms with E-state index in [1.54, 1.807) is 4.52 Å². The number of carbonyl (C=O) groups excluding carboxylic acids is 1. The monoisotopic (exact) mass is 188 g/mol. The minimum absolute atomic E-state index is 0.0953. The van der Waals surface area contributed by atoms with E-state index < -0.39 is 0 Å². The lowest BCUT2D eigenvalue weighted by Crippen LogP contribution is -2.20. The van der Waals surface area contributed by atoms with E-state index in [9.17, 15) is 4.79 Å². The molecule has 1 aliphatic heterocycles. The van der Waals surface area contributed by atoms with Gasteiger partial charge in [0.2, 0.25) is 0 Å². The van der Waals surface area contributed by atoms with Gasteiger partial charge in [0.25, 0.3) is 0 Å². The molecule has 0 atom stereocenters. The summed E-state index contributed by atoms with van der Waals surface area (Å²) in [5.41, 5.74) is 2.47.